The van der Waals surface area contributed by atoms with E-state index in [1.165, 1.54) is 24.3 Å². The van der Waals surface area contributed by atoms with Gasteiger partial charge in [0.15, 0.2) is 0 Å². The largest absolute Gasteiger partial charge is 0.438 e. The Bertz CT molecular complexity index is 855. The maximum Gasteiger partial charge on any atom is 0.411 e. The molecule has 0 unspecified atom stereocenters. The fourth-order valence-electron chi connectivity index (χ4n) is 3.54. The van der Waals surface area contributed by atoms with Crippen LogP contribution in [-0.2, 0) is 15.1 Å². The number of amides is 2. The highest BCUT2D eigenvalue weighted by Crippen LogP contribution is 2.40. The number of halogens is 2. The second kappa shape index (κ2) is 7.96. The number of rotatable bonds is 6. The molecule has 2 N–H and O–H groups in total. The van der Waals surface area contributed by atoms with E-state index in [1.807, 2.05) is 6.92 Å². The van der Waals surface area contributed by atoms with Crippen LogP contribution in [0.3, 0.4) is 0 Å². The fraction of sp³-hybridized carbons (Fsp3) is 0.333. The quantitative estimate of drug-likeness (QED) is 0.812. The molecule has 2 atom stereocenters. The number of ether oxygens (including phenoxy) is 1. The Balaban J connectivity index is 1.83. The third kappa shape index (κ3) is 4.13. The van der Waals surface area contributed by atoms with Gasteiger partial charge in [0.05, 0.1) is 6.04 Å². The molecule has 7 heteroatoms. The number of carbonyl (C=O) groups is 2. The monoisotopic (exact) mass is 388 g/mol. The number of nitrogens with two attached hydrogens (primary N) is 1. The second-order valence-corrected chi connectivity index (χ2v) is 7.01. The van der Waals surface area contributed by atoms with E-state index in [0.717, 1.165) is 5.56 Å². The predicted molar refractivity (Wildman–Crippen MR) is 99.1 cm³/mol. The fourth-order valence-corrected chi connectivity index (χ4v) is 3.54. The molecule has 0 saturated carbocycles. The van der Waals surface area contributed by atoms with Gasteiger partial charge < -0.3 is 15.4 Å². The Hall–Kier alpha value is -2.96. The first-order valence-corrected chi connectivity index (χ1v) is 9.10. The molecule has 1 saturated heterocycles. The number of carbonyl (C=O) groups excluding carboxylic acids is 2. The standard InChI is InChI=1S/C21H22F2N2O3/c1-14(15-2-6-17(22)7-3-15)25-13-12-21(28-20(25)27,11-10-19(24)26)16-4-8-18(23)9-5-16/h2-9,14H,10-13H2,1H3,(H2,24,26)/t14-,21-/m0/s1. The van der Waals surface area contributed by atoms with Crippen LogP contribution in [0.15, 0.2) is 48.5 Å². The van der Waals surface area contributed by atoms with Gasteiger partial charge in [0.2, 0.25) is 5.91 Å². The molecule has 5 nitrogen and oxygen atoms in total. The Morgan fingerprint density at radius 1 is 1.14 bits per heavy atom. The maximum absolute atomic E-state index is 13.3. The van der Waals surface area contributed by atoms with E-state index in [1.54, 1.807) is 29.2 Å². The van der Waals surface area contributed by atoms with Crippen molar-refractivity contribution in [1.29, 1.82) is 0 Å². The molecule has 0 aliphatic carbocycles. The molecule has 0 spiro atoms. The lowest BCUT2D eigenvalue weighted by molar-refractivity contribution is -0.121. The number of benzene rings is 2. The van der Waals surface area contributed by atoms with E-state index in [0.29, 0.717) is 18.5 Å². The van der Waals surface area contributed by atoms with E-state index in [2.05, 4.69) is 0 Å². The molecular weight excluding hydrogens is 366 g/mol. The molecule has 148 valence electrons. The Morgan fingerprint density at radius 3 is 2.25 bits per heavy atom. The zero-order chi connectivity index (χ0) is 20.3. The van der Waals surface area contributed by atoms with Crippen LogP contribution in [0.2, 0.25) is 0 Å². The van der Waals surface area contributed by atoms with Crippen LogP contribution in [-0.4, -0.2) is 23.4 Å². The smallest absolute Gasteiger partial charge is 0.411 e. The molecule has 1 heterocycles. The lowest BCUT2D eigenvalue weighted by atomic mass is 9.84. The van der Waals surface area contributed by atoms with E-state index >= 15 is 0 Å². The van der Waals surface area contributed by atoms with Crippen LogP contribution in [0.4, 0.5) is 13.6 Å². The average molecular weight is 388 g/mol. The molecular formula is C21H22F2N2O3. The first-order chi connectivity index (χ1) is 13.3. The summed E-state index contributed by atoms with van der Waals surface area (Å²) in [6.07, 6.45) is 0.136. The van der Waals surface area contributed by atoms with Crippen molar-refractivity contribution in [3.8, 4) is 0 Å². The van der Waals surface area contributed by atoms with Crippen molar-refractivity contribution in [1.82, 2.24) is 4.90 Å². The number of primary amides is 1. The van der Waals surface area contributed by atoms with Gasteiger partial charge >= 0.3 is 6.09 Å². The number of hydrogen-bond donors (Lipinski definition) is 1. The average Bonchev–Trinajstić information content (AvgIpc) is 2.67. The van der Waals surface area contributed by atoms with Crippen molar-refractivity contribution >= 4 is 12.0 Å². The molecule has 0 bridgehead atoms. The first-order valence-electron chi connectivity index (χ1n) is 9.10. The van der Waals surface area contributed by atoms with Crippen molar-refractivity contribution in [3.63, 3.8) is 0 Å². The minimum Gasteiger partial charge on any atom is -0.438 e. The summed E-state index contributed by atoms with van der Waals surface area (Å²) in [5.41, 5.74) is 5.65. The topological polar surface area (TPSA) is 72.6 Å². The van der Waals surface area contributed by atoms with Gasteiger partial charge in [-0.3, -0.25) is 4.79 Å². The minimum atomic E-state index is -1.04. The third-order valence-corrected chi connectivity index (χ3v) is 5.24. The molecule has 2 aromatic rings. The number of nitrogens with zero attached hydrogens (tertiary/aromatic N) is 1. The molecule has 0 aromatic heterocycles. The molecule has 28 heavy (non-hydrogen) atoms. The summed E-state index contributed by atoms with van der Waals surface area (Å²) in [5, 5.41) is 0. The van der Waals surface area contributed by atoms with Gasteiger partial charge in [0.25, 0.3) is 0 Å². The molecule has 2 aromatic carbocycles. The second-order valence-electron chi connectivity index (χ2n) is 7.01. The molecule has 1 aliphatic rings. The SMILES string of the molecule is C[C@@H](c1ccc(F)cc1)N1CC[C@@](CCC(N)=O)(c2ccc(F)cc2)OC1=O. The summed E-state index contributed by atoms with van der Waals surface area (Å²) in [5.74, 6) is -1.25. The molecule has 0 radical (unpaired) electrons. The normalized spacial score (nSPS) is 20.5. The Morgan fingerprint density at radius 2 is 1.71 bits per heavy atom. The van der Waals surface area contributed by atoms with Crippen LogP contribution < -0.4 is 5.73 Å². The van der Waals surface area contributed by atoms with E-state index in [-0.39, 0.29) is 24.7 Å². The van der Waals surface area contributed by atoms with Crippen LogP contribution >= 0.6 is 0 Å². The first kappa shape index (κ1) is 19.8. The van der Waals surface area contributed by atoms with Gasteiger partial charge in [-0.25, -0.2) is 13.6 Å². The zero-order valence-corrected chi connectivity index (χ0v) is 15.5. The highest BCUT2D eigenvalue weighted by Gasteiger charge is 2.43. The predicted octanol–water partition coefficient (Wildman–Crippen LogP) is 4.03. The maximum atomic E-state index is 13.3. The summed E-state index contributed by atoms with van der Waals surface area (Å²) in [7, 11) is 0. The highest BCUT2D eigenvalue weighted by atomic mass is 19.1. The van der Waals surface area contributed by atoms with Crippen molar-refractivity contribution in [2.45, 2.75) is 37.8 Å². The van der Waals surface area contributed by atoms with E-state index in [4.69, 9.17) is 10.5 Å². The molecule has 1 aliphatic heterocycles. The van der Waals surface area contributed by atoms with Gasteiger partial charge in [-0.2, -0.15) is 0 Å². The Labute approximate surface area is 162 Å². The van der Waals surface area contributed by atoms with Crippen molar-refractivity contribution in [2.24, 2.45) is 5.73 Å². The summed E-state index contributed by atoms with van der Waals surface area (Å²) in [6.45, 7) is 2.20. The zero-order valence-electron chi connectivity index (χ0n) is 15.5. The van der Waals surface area contributed by atoms with Crippen LogP contribution in [0.5, 0.6) is 0 Å². The van der Waals surface area contributed by atoms with Crippen molar-refractivity contribution < 1.29 is 23.1 Å². The van der Waals surface area contributed by atoms with E-state index < -0.39 is 23.4 Å². The van der Waals surface area contributed by atoms with Gasteiger partial charge in [-0.05, 0) is 42.3 Å². The summed E-state index contributed by atoms with van der Waals surface area (Å²) in [4.78, 5) is 25.7. The highest BCUT2D eigenvalue weighted by molar-refractivity contribution is 5.74. The van der Waals surface area contributed by atoms with Crippen LogP contribution in [0.1, 0.15) is 43.4 Å². The van der Waals surface area contributed by atoms with Gasteiger partial charge in [-0.15, -0.1) is 0 Å². The van der Waals surface area contributed by atoms with Crippen molar-refractivity contribution in [2.75, 3.05) is 6.54 Å². The molecule has 2 amide bonds. The number of cyclic esters (lactones) is 1. The number of hydrogen-bond acceptors (Lipinski definition) is 3. The van der Waals surface area contributed by atoms with Gasteiger partial charge in [-0.1, -0.05) is 24.3 Å². The van der Waals surface area contributed by atoms with Crippen molar-refractivity contribution in [3.05, 3.63) is 71.3 Å². The van der Waals surface area contributed by atoms with Crippen LogP contribution in [0, 0.1) is 11.6 Å². The van der Waals surface area contributed by atoms with Gasteiger partial charge in [0, 0.05) is 25.8 Å². The molecule has 1 fully saturated rings. The van der Waals surface area contributed by atoms with E-state index in [9.17, 15) is 18.4 Å². The minimum absolute atomic E-state index is 0.0399. The summed E-state index contributed by atoms with van der Waals surface area (Å²) in [6, 6.07) is 11.3. The summed E-state index contributed by atoms with van der Waals surface area (Å²) >= 11 is 0. The van der Waals surface area contributed by atoms with Gasteiger partial charge in [0.1, 0.15) is 17.2 Å². The molecule has 3 rings (SSSR count). The third-order valence-electron chi connectivity index (χ3n) is 5.24. The lowest BCUT2D eigenvalue weighted by Crippen LogP contribution is -2.49. The summed E-state index contributed by atoms with van der Waals surface area (Å²) < 4.78 is 32.3. The lowest BCUT2D eigenvalue weighted by Gasteiger charge is -2.43. The Kier molecular flexibility index (Phi) is 5.63. The van der Waals surface area contributed by atoms with Crippen LogP contribution in [0.25, 0.3) is 0 Å².